The summed E-state index contributed by atoms with van der Waals surface area (Å²) in [6.45, 7) is 4.33. The van der Waals surface area contributed by atoms with Crippen molar-refractivity contribution in [1.82, 2.24) is 9.29 Å². The van der Waals surface area contributed by atoms with Crippen LogP contribution in [-0.4, -0.2) is 37.7 Å². The van der Waals surface area contributed by atoms with Crippen LogP contribution in [-0.2, 0) is 15.0 Å². The standard InChI is InChI=1S/C20H30N4O3S2/c1-5-6-7-15(2)14-18(19(25)22-20-21-12-13-28-20)16-8-10-17(11-9-16)23-29(26,27)24(3)4/h8-13,15,18,23H,5-7,14H2,1-4H3,(H,21,22,25). The van der Waals surface area contributed by atoms with E-state index >= 15 is 0 Å². The highest BCUT2D eigenvalue weighted by atomic mass is 32.2. The number of rotatable bonds is 11. The number of carbonyl (C=O) groups is 1. The van der Waals surface area contributed by atoms with Gasteiger partial charge in [-0.2, -0.15) is 12.7 Å². The molecular formula is C20H30N4O3S2. The molecule has 0 fully saturated rings. The fraction of sp³-hybridized carbons (Fsp3) is 0.500. The van der Waals surface area contributed by atoms with Crippen molar-refractivity contribution >= 4 is 38.3 Å². The smallest absolute Gasteiger partial charge is 0.301 e. The van der Waals surface area contributed by atoms with E-state index in [4.69, 9.17) is 0 Å². The van der Waals surface area contributed by atoms with E-state index in [-0.39, 0.29) is 11.8 Å². The number of unbranched alkanes of at least 4 members (excludes halogenated alkanes) is 1. The average molecular weight is 439 g/mol. The molecule has 0 saturated heterocycles. The number of nitrogens with one attached hydrogen (secondary N) is 2. The number of thiazole rings is 1. The van der Waals surface area contributed by atoms with Gasteiger partial charge in [0, 0.05) is 31.4 Å². The summed E-state index contributed by atoms with van der Waals surface area (Å²) in [5.41, 5.74) is 1.32. The van der Waals surface area contributed by atoms with Gasteiger partial charge in [0.25, 0.3) is 0 Å². The Bertz CT molecular complexity index is 866. The van der Waals surface area contributed by atoms with E-state index in [1.165, 1.54) is 25.4 Å². The Morgan fingerprint density at radius 2 is 1.93 bits per heavy atom. The number of hydrogen-bond acceptors (Lipinski definition) is 5. The number of nitrogens with zero attached hydrogens (tertiary/aromatic N) is 2. The molecule has 2 aromatic rings. The lowest BCUT2D eigenvalue weighted by Gasteiger charge is -2.21. The normalized spacial score (nSPS) is 13.8. The lowest BCUT2D eigenvalue weighted by Crippen LogP contribution is -2.29. The minimum atomic E-state index is -3.57. The van der Waals surface area contributed by atoms with Crippen LogP contribution >= 0.6 is 11.3 Å². The van der Waals surface area contributed by atoms with Crippen LogP contribution in [0.1, 0.15) is 51.0 Å². The van der Waals surface area contributed by atoms with Crippen LogP contribution in [0.4, 0.5) is 10.8 Å². The first-order valence-electron chi connectivity index (χ1n) is 9.73. The number of amides is 1. The Morgan fingerprint density at radius 1 is 1.24 bits per heavy atom. The minimum absolute atomic E-state index is 0.0927. The maximum absolute atomic E-state index is 13.0. The molecule has 0 bridgehead atoms. The van der Waals surface area contributed by atoms with Crippen LogP contribution in [0, 0.1) is 5.92 Å². The van der Waals surface area contributed by atoms with Gasteiger partial charge < -0.3 is 5.32 Å². The molecule has 1 aromatic heterocycles. The number of benzene rings is 1. The van der Waals surface area contributed by atoms with Crippen molar-refractivity contribution < 1.29 is 13.2 Å². The van der Waals surface area contributed by atoms with Crippen LogP contribution in [0.3, 0.4) is 0 Å². The summed E-state index contributed by atoms with van der Waals surface area (Å²) in [7, 11) is -0.636. The quantitative estimate of drug-likeness (QED) is 0.547. The SMILES string of the molecule is CCCCC(C)CC(C(=O)Nc1nccs1)c1ccc(NS(=O)(=O)N(C)C)cc1. The van der Waals surface area contributed by atoms with Crippen molar-refractivity contribution in [2.24, 2.45) is 5.92 Å². The molecule has 7 nitrogen and oxygen atoms in total. The zero-order valence-corrected chi connectivity index (χ0v) is 19.0. The van der Waals surface area contributed by atoms with Crippen molar-refractivity contribution in [3.63, 3.8) is 0 Å². The number of aromatic nitrogens is 1. The van der Waals surface area contributed by atoms with E-state index < -0.39 is 10.2 Å². The van der Waals surface area contributed by atoms with Gasteiger partial charge >= 0.3 is 10.2 Å². The van der Waals surface area contributed by atoms with Crippen molar-refractivity contribution in [2.45, 2.75) is 45.4 Å². The molecule has 1 amide bonds. The topological polar surface area (TPSA) is 91.4 Å². The van der Waals surface area contributed by atoms with Crippen LogP contribution in [0.2, 0.25) is 0 Å². The largest absolute Gasteiger partial charge is 0.301 e. The van der Waals surface area contributed by atoms with Crippen LogP contribution < -0.4 is 10.0 Å². The molecule has 0 spiro atoms. The second-order valence-electron chi connectivity index (χ2n) is 7.37. The number of hydrogen-bond donors (Lipinski definition) is 2. The molecule has 2 atom stereocenters. The van der Waals surface area contributed by atoms with Crippen LogP contribution in [0.15, 0.2) is 35.8 Å². The fourth-order valence-corrected chi connectivity index (χ4v) is 4.12. The molecule has 2 N–H and O–H groups in total. The maximum Gasteiger partial charge on any atom is 0.301 e. The molecule has 2 rings (SSSR count). The van der Waals surface area contributed by atoms with Crippen LogP contribution in [0.5, 0.6) is 0 Å². The first kappa shape index (κ1) is 23.3. The number of anilines is 2. The van der Waals surface area contributed by atoms with Crippen molar-refractivity contribution in [3.8, 4) is 0 Å². The molecule has 0 aliphatic heterocycles. The highest BCUT2D eigenvalue weighted by Crippen LogP contribution is 2.29. The van der Waals surface area contributed by atoms with E-state index in [1.54, 1.807) is 18.3 Å². The van der Waals surface area contributed by atoms with Gasteiger partial charge in [0.15, 0.2) is 5.13 Å². The molecule has 0 aliphatic carbocycles. The molecule has 9 heteroatoms. The summed E-state index contributed by atoms with van der Waals surface area (Å²) in [5.74, 6) is -0.0240. The summed E-state index contributed by atoms with van der Waals surface area (Å²) < 4.78 is 27.6. The van der Waals surface area contributed by atoms with Crippen molar-refractivity contribution in [3.05, 3.63) is 41.4 Å². The van der Waals surface area contributed by atoms with E-state index in [9.17, 15) is 13.2 Å². The monoisotopic (exact) mass is 438 g/mol. The van der Waals surface area contributed by atoms with Crippen LogP contribution in [0.25, 0.3) is 0 Å². The predicted molar refractivity (Wildman–Crippen MR) is 119 cm³/mol. The number of carbonyl (C=O) groups excluding carboxylic acids is 1. The average Bonchev–Trinajstić information content (AvgIpc) is 3.17. The molecule has 0 saturated carbocycles. The Balaban J connectivity index is 2.19. The summed E-state index contributed by atoms with van der Waals surface area (Å²) in [5, 5.41) is 5.30. The van der Waals surface area contributed by atoms with E-state index in [0.717, 1.165) is 35.6 Å². The van der Waals surface area contributed by atoms with Crippen molar-refractivity contribution in [1.29, 1.82) is 0 Å². The summed E-state index contributed by atoms with van der Waals surface area (Å²) in [6, 6.07) is 7.01. The Labute approximate surface area is 177 Å². The lowest BCUT2D eigenvalue weighted by atomic mass is 9.86. The second-order valence-corrected chi connectivity index (χ2v) is 10.2. The molecule has 2 unspecified atom stereocenters. The molecular weight excluding hydrogens is 408 g/mol. The van der Waals surface area contributed by atoms with Crippen molar-refractivity contribution in [2.75, 3.05) is 24.1 Å². The van der Waals surface area contributed by atoms with Gasteiger partial charge in [0.05, 0.1) is 5.92 Å². The van der Waals surface area contributed by atoms with E-state index in [1.807, 2.05) is 17.5 Å². The Kier molecular flexibility index (Phi) is 8.60. The Hall–Kier alpha value is -1.97. The van der Waals surface area contributed by atoms with Gasteiger partial charge in [-0.05, 0) is 30.0 Å². The zero-order chi connectivity index (χ0) is 21.4. The third kappa shape index (κ3) is 7.09. The molecule has 1 heterocycles. The second kappa shape index (κ2) is 10.7. The highest BCUT2D eigenvalue weighted by Gasteiger charge is 2.24. The van der Waals surface area contributed by atoms with E-state index in [0.29, 0.717) is 16.7 Å². The zero-order valence-electron chi connectivity index (χ0n) is 17.4. The fourth-order valence-electron chi connectivity index (χ4n) is 2.97. The van der Waals surface area contributed by atoms with E-state index in [2.05, 4.69) is 28.9 Å². The first-order valence-corrected chi connectivity index (χ1v) is 12.1. The molecule has 29 heavy (non-hydrogen) atoms. The third-order valence-corrected chi connectivity index (χ3v) is 6.85. The third-order valence-electron chi connectivity index (χ3n) is 4.71. The Morgan fingerprint density at radius 3 is 2.48 bits per heavy atom. The minimum Gasteiger partial charge on any atom is -0.301 e. The lowest BCUT2D eigenvalue weighted by molar-refractivity contribution is -0.118. The van der Waals surface area contributed by atoms with Gasteiger partial charge in [-0.25, -0.2) is 4.98 Å². The van der Waals surface area contributed by atoms with Gasteiger partial charge in [0.1, 0.15) is 0 Å². The summed E-state index contributed by atoms with van der Waals surface area (Å²) >= 11 is 1.38. The molecule has 160 valence electrons. The van der Waals surface area contributed by atoms with Gasteiger partial charge in [-0.15, -0.1) is 11.3 Å². The maximum atomic E-state index is 13.0. The van der Waals surface area contributed by atoms with Gasteiger partial charge in [-0.1, -0.05) is 45.2 Å². The summed E-state index contributed by atoms with van der Waals surface area (Å²) in [6.07, 6.45) is 5.71. The molecule has 0 aliphatic rings. The predicted octanol–water partition coefficient (Wildman–Crippen LogP) is 4.30. The highest BCUT2D eigenvalue weighted by molar-refractivity contribution is 7.90. The van der Waals surface area contributed by atoms with Gasteiger partial charge in [-0.3, -0.25) is 9.52 Å². The van der Waals surface area contributed by atoms with Gasteiger partial charge in [0.2, 0.25) is 5.91 Å². The molecule has 0 radical (unpaired) electrons. The first-order chi connectivity index (χ1) is 13.7. The summed E-state index contributed by atoms with van der Waals surface area (Å²) in [4.78, 5) is 17.1. The molecule has 1 aromatic carbocycles.